The van der Waals surface area contributed by atoms with Gasteiger partial charge in [0.25, 0.3) is 0 Å². The summed E-state index contributed by atoms with van der Waals surface area (Å²) in [5, 5.41) is 5.81. The number of rotatable bonds is 4. The van der Waals surface area contributed by atoms with Crippen LogP contribution in [0.2, 0.25) is 0 Å². The number of carbonyl (C=O) groups excluding carboxylic acids is 2. The Morgan fingerprint density at radius 1 is 1.11 bits per heavy atom. The average Bonchev–Trinajstić information content (AvgIpc) is 3.52. The molecule has 2 aliphatic heterocycles. The van der Waals surface area contributed by atoms with E-state index in [9.17, 15) is 9.59 Å². The first-order chi connectivity index (χ1) is 17.2. The third-order valence-electron chi connectivity index (χ3n) is 6.38. The molecule has 10 heteroatoms. The zero-order valence-electron chi connectivity index (χ0n) is 21.3. The Balaban J connectivity index is 1.43. The van der Waals surface area contributed by atoms with Crippen LogP contribution in [-0.2, 0) is 22.6 Å². The van der Waals surface area contributed by atoms with Gasteiger partial charge in [0.15, 0.2) is 0 Å². The first kappa shape index (κ1) is 24.3. The molecule has 3 amide bonds. The van der Waals surface area contributed by atoms with Gasteiger partial charge in [-0.1, -0.05) is 12.1 Å². The predicted octanol–water partition coefficient (Wildman–Crippen LogP) is 3.90. The molecule has 1 aromatic carbocycles. The molecule has 1 saturated carbocycles. The summed E-state index contributed by atoms with van der Waals surface area (Å²) in [5.41, 5.74) is 3.55. The lowest BCUT2D eigenvalue weighted by Gasteiger charge is -2.33. The van der Waals surface area contributed by atoms with Crippen LogP contribution < -0.4 is 15.5 Å². The van der Waals surface area contributed by atoms with E-state index in [2.05, 4.69) is 22.5 Å². The van der Waals surface area contributed by atoms with Gasteiger partial charge in [-0.05, 0) is 52.7 Å². The number of nitrogens with zero attached hydrogens (tertiary/aromatic N) is 4. The van der Waals surface area contributed by atoms with Gasteiger partial charge in [0.2, 0.25) is 5.95 Å². The van der Waals surface area contributed by atoms with Crippen LogP contribution in [-0.4, -0.2) is 64.4 Å². The molecule has 1 atom stereocenters. The van der Waals surface area contributed by atoms with Gasteiger partial charge in [-0.2, -0.15) is 0 Å². The van der Waals surface area contributed by atoms with Crippen molar-refractivity contribution in [1.29, 1.82) is 0 Å². The van der Waals surface area contributed by atoms with Crippen LogP contribution in [0.15, 0.2) is 24.3 Å². The number of ether oxygens (including phenoxy) is 2. The van der Waals surface area contributed by atoms with Gasteiger partial charge in [-0.25, -0.2) is 19.6 Å². The molecule has 36 heavy (non-hydrogen) atoms. The van der Waals surface area contributed by atoms with Gasteiger partial charge in [-0.15, -0.1) is 0 Å². The molecular weight excluding hydrogens is 460 g/mol. The summed E-state index contributed by atoms with van der Waals surface area (Å²) in [4.78, 5) is 38.6. The van der Waals surface area contributed by atoms with Crippen molar-refractivity contribution in [1.82, 2.24) is 20.2 Å². The van der Waals surface area contributed by atoms with E-state index in [4.69, 9.17) is 19.4 Å². The first-order valence-electron chi connectivity index (χ1n) is 12.6. The van der Waals surface area contributed by atoms with Crippen LogP contribution >= 0.6 is 0 Å². The van der Waals surface area contributed by atoms with E-state index in [0.717, 1.165) is 35.4 Å². The van der Waals surface area contributed by atoms with E-state index < -0.39 is 5.60 Å². The summed E-state index contributed by atoms with van der Waals surface area (Å²) in [6.45, 7) is 10.3. The number of amides is 3. The molecule has 1 saturated heterocycles. The standard InChI is InChI=1S/C26H34N6O4/c1-16-15-35-12-11-32(16)23-29-21-14-31(25(34)36-26(2,3)4)13-20(21)22(30-23)17-5-7-18(8-6-17)27-24(33)28-19-9-10-19/h5-8,16,19H,9-15H2,1-4H3,(H2,27,28,33)/t16-/m0/s1. The fourth-order valence-electron chi connectivity index (χ4n) is 4.38. The summed E-state index contributed by atoms with van der Waals surface area (Å²) in [7, 11) is 0. The van der Waals surface area contributed by atoms with Crippen LogP contribution in [0.25, 0.3) is 11.3 Å². The van der Waals surface area contributed by atoms with Gasteiger partial charge in [-0.3, -0.25) is 4.90 Å². The summed E-state index contributed by atoms with van der Waals surface area (Å²) >= 11 is 0. The molecule has 192 valence electrons. The van der Waals surface area contributed by atoms with E-state index in [1.807, 2.05) is 45.0 Å². The number of benzene rings is 1. The van der Waals surface area contributed by atoms with Crippen molar-refractivity contribution in [3.05, 3.63) is 35.5 Å². The smallest absolute Gasteiger partial charge is 0.410 e. The van der Waals surface area contributed by atoms with E-state index in [-0.39, 0.29) is 18.2 Å². The molecule has 3 heterocycles. The molecule has 0 unspecified atom stereocenters. The highest BCUT2D eigenvalue weighted by Crippen LogP contribution is 2.34. The zero-order valence-corrected chi connectivity index (χ0v) is 21.3. The van der Waals surface area contributed by atoms with E-state index in [0.29, 0.717) is 50.5 Å². The molecular formula is C26H34N6O4. The maximum atomic E-state index is 12.8. The Morgan fingerprint density at radius 2 is 1.86 bits per heavy atom. The van der Waals surface area contributed by atoms with Crippen LogP contribution in [0.1, 0.15) is 51.8 Å². The van der Waals surface area contributed by atoms with Gasteiger partial charge in [0, 0.05) is 29.4 Å². The van der Waals surface area contributed by atoms with Gasteiger partial charge in [0.05, 0.1) is 43.7 Å². The number of fused-ring (bicyclic) bond motifs is 1. The second kappa shape index (κ2) is 9.57. The molecule has 3 aliphatic rings. The Bertz CT molecular complexity index is 1140. The third-order valence-corrected chi connectivity index (χ3v) is 6.38. The summed E-state index contributed by atoms with van der Waals surface area (Å²) < 4.78 is 11.2. The third kappa shape index (κ3) is 5.53. The second-order valence-corrected chi connectivity index (χ2v) is 10.7. The molecule has 0 spiro atoms. The maximum absolute atomic E-state index is 12.8. The van der Waals surface area contributed by atoms with E-state index in [1.54, 1.807) is 4.90 Å². The van der Waals surface area contributed by atoms with Crippen LogP contribution in [0, 0.1) is 0 Å². The minimum Gasteiger partial charge on any atom is -0.444 e. The van der Waals surface area contributed by atoms with Crippen molar-refractivity contribution in [3.63, 3.8) is 0 Å². The summed E-state index contributed by atoms with van der Waals surface area (Å²) in [6.07, 6.45) is 1.71. The fourth-order valence-corrected chi connectivity index (χ4v) is 4.38. The topological polar surface area (TPSA) is 109 Å². The van der Waals surface area contributed by atoms with Gasteiger partial charge in [0.1, 0.15) is 5.60 Å². The number of urea groups is 1. The highest BCUT2D eigenvalue weighted by molar-refractivity contribution is 5.90. The molecule has 2 aromatic rings. The number of carbonyl (C=O) groups is 2. The minimum atomic E-state index is -0.580. The Labute approximate surface area is 211 Å². The Hall–Kier alpha value is -3.40. The van der Waals surface area contributed by atoms with Crippen LogP contribution in [0.5, 0.6) is 0 Å². The SMILES string of the molecule is C[C@H]1COCCN1c1nc2c(c(-c3ccc(NC(=O)NC4CC4)cc3)n1)CN(C(=O)OC(C)(C)C)C2. The number of anilines is 2. The number of nitrogens with one attached hydrogen (secondary N) is 2. The fraction of sp³-hybridized carbons (Fsp3) is 0.538. The Morgan fingerprint density at radius 3 is 2.53 bits per heavy atom. The molecule has 10 nitrogen and oxygen atoms in total. The highest BCUT2D eigenvalue weighted by Gasteiger charge is 2.33. The van der Waals surface area contributed by atoms with E-state index >= 15 is 0 Å². The summed E-state index contributed by atoms with van der Waals surface area (Å²) in [6, 6.07) is 7.87. The number of aromatic nitrogens is 2. The largest absolute Gasteiger partial charge is 0.444 e. The monoisotopic (exact) mass is 494 g/mol. The molecule has 2 N–H and O–H groups in total. The minimum absolute atomic E-state index is 0.143. The highest BCUT2D eigenvalue weighted by atomic mass is 16.6. The Kier molecular flexibility index (Phi) is 6.46. The predicted molar refractivity (Wildman–Crippen MR) is 136 cm³/mol. The van der Waals surface area contributed by atoms with Crippen molar-refractivity contribution < 1.29 is 19.1 Å². The van der Waals surface area contributed by atoms with Crippen molar-refractivity contribution in [2.45, 2.75) is 71.3 Å². The van der Waals surface area contributed by atoms with Gasteiger partial charge < -0.3 is 25.0 Å². The van der Waals surface area contributed by atoms with Crippen LogP contribution in [0.4, 0.5) is 21.2 Å². The normalized spacial score (nSPS) is 19.6. The molecule has 5 rings (SSSR count). The molecule has 2 fully saturated rings. The molecule has 0 bridgehead atoms. The first-order valence-corrected chi connectivity index (χ1v) is 12.6. The van der Waals surface area contributed by atoms with Crippen molar-refractivity contribution in [2.75, 3.05) is 30.0 Å². The van der Waals surface area contributed by atoms with Crippen molar-refractivity contribution in [2.24, 2.45) is 0 Å². The zero-order chi connectivity index (χ0) is 25.4. The molecule has 1 aromatic heterocycles. The summed E-state index contributed by atoms with van der Waals surface area (Å²) in [5.74, 6) is 0.636. The average molecular weight is 495 g/mol. The lowest BCUT2D eigenvalue weighted by Crippen LogP contribution is -2.44. The van der Waals surface area contributed by atoms with E-state index in [1.165, 1.54) is 0 Å². The van der Waals surface area contributed by atoms with Crippen LogP contribution in [0.3, 0.4) is 0 Å². The quantitative estimate of drug-likeness (QED) is 0.663. The number of hydrogen-bond donors (Lipinski definition) is 2. The lowest BCUT2D eigenvalue weighted by molar-refractivity contribution is 0.0241. The van der Waals surface area contributed by atoms with Crippen molar-refractivity contribution >= 4 is 23.8 Å². The molecule has 0 radical (unpaired) electrons. The lowest BCUT2D eigenvalue weighted by atomic mass is 10.1. The second-order valence-electron chi connectivity index (χ2n) is 10.7. The number of morpholine rings is 1. The van der Waals surface area contributed by atoms with Gasteiger partial charge >= 0.3 is 12.1 Å². The number of hydrogen-bond acceptors (Lipinski definition) is 7. The molecule has 1 aliphatic carbocycles. The van der Waals surface area contributed by atoms with Crippen molar-refractivity contribution in [3.8, 4) is 11.3 Å². The maximum Gasteiger partial charge on any atom is 0.410 e.